The van der Waals surface area contributed by atoms with Crippen LogP contribution in [0.15, 0.2) is 36.7 Å². The third-order valence-corrected chi connectivity index (χ3v) is 3.41. The van der Waals surface area contributed by atoms with Crippen molar-refractivity contribution >= 4 is 16.7 Å². The summed E-state index contributed by atoms with van der Waals surface area (Å²) in [4.78, 5) is 16.4. The van der Waals surface area contributed by atoms with Crippen LogP contribution in [0.4, 0.5) is 0 Å². The van der Waals surface area contributed by atoms with Gasteiger partial charge in [0.15, 0.2) is 0 Å². The number of nitrogens with zero attached hydrogens (tertiary/aromatic N) is 1. The van der Waals surface area contributed by atoms with Crippen LogP contribution in [-0.2, 0) is 0 Å². The highest BCUT2D eigenvalue weighted by Crippen LogP contribution is 2.17. The highest BCUT2D eigenvalue weighted by atomic mass is 16.3. The maximum atomic E-state index is 12.3. The van der Waals surface area contributed by atoms with Crippen molar-refractivity contribution in [3.05, 3.63) is 42.2 Å². The summed E-state index contributed by atoms with van der Waals surface area (Å²) >= 11 is 0. The average molecular weight is 258 g/mol. The Morgan fingerprint density at radius 1 is 1.32 bits per heavy atom. The van der Waals surface area contributed by atoms with Crippen LogP contribution in [0.2, 0.25) is 0 Å². The topological polar surface area (TPSA) is 62.2 Å². The normalized spacial score (nSPS) is 14.1. The summed E-state index contributed by atoms with van der Waals surface area (Å²) in [6.45, 7) is 3.83. The first-order valence-electron chi connectivity index (χ1n) is 6.38. The molecule has 1 heterocycles. The quantitative estimate of drug-likeness (QED) is 0.881. The fraction of sp³-hybridized carbons (Fsp3) is 0.333. The largest absolute Gasteiger partial charge is 0.396 e. The fourth-order valence-corrected chi connectivity index (χ4v) is 1.88. The van der Waals surface area contributed by atoms with Crippen LogP contribution in [0.25, 0.3) is 10.8 Å². The monoisotopic (exact) mass is 258 g/mol. The van der Waals surface area contributed by atoms with Gasteiger partial charge < -0.3 is 10.4 Å². The Hall–Kier alpha value is -1.94. The number of pyridine rings is 1. The summed E-state index contributed by atoms with van der Waals surface area (Å²) in [7, 11) is 0. The molecule has 1 aromatic heterocycles. The second-order valence-electron chi connectivity index (χ2n) is 4.83. The van der Waals surface area contributed by atoms with Gasteiger partial charge in [0.1, 0.15) is 0 Å². The third-order valence-electron chi connectivity index (χ3n) is 3.41. The van der Waals surface area contributed by atoms with Gasteiger partial charge in [-0.3, -0.25) is 9.78 Å². The standard InChI is InChI=1S/C15H18N2O2/c1-10(9-18)11(2)17-15(19)14-8-16-7-12-5-3-4-6-13(12)14/h3-8,10-11,18H,9H2,1-2H3,(H,17,19). The molecule has 19 heavy (non-hydrogen) atoms. The maximum absolute atomic E-state index is 12.3. The Bertz CT molecular complexity index is 578. The Balaban J connectivity index is 2.27. The lowest BCUT2D eigenvalue weighted by Gasteiger charge is -2.19. The third kappa shape index (κ3) is 2.90. The number of carbonyl (C=O) groups excluding carboxylic acids is 1. The Labute approximate surface area is 112 Å². The number of aromatic nitrogens is 1. The highest BCUT2D eigenvalue weighted by molar-refractivity contribution is 6.06. The minimum absolute atomic E-state index is 0.0203. The Morgan fingerprint density at radius 2 is 2.05 bits per heavy atom. The summed E-state index contributed by atoms with van der Waals surface area (Å²) in [6, 6.07) is 7.57. The SMILES string of the molecule is CC(CO)C(C)NC(=O)c1cncc2ccccc12. The molecule has 4 nitrogen and oxygen atoms in total. The summed E-state index contributed by atoms with van der Waals surface area (Å²) < 4.78 is 0. The van der Waals surface area contributed by atoms with Crippen molar-refractivity contribution in [3.8, 4) is 0 Å². The average Bonchev–Trinajstić information content (AvgIpc) is 2.45. The van der Waals surface area contributed by atoms with E-state index in [0.717, 1.165) is 10.8 Å². The van der Waals surface area contributed by atoms with E-state index < -0.39 is 0 Å². The van der Waals surface area contributed by atoms with Crippen molar-refractivity contribution in [1.29, 1.82) is 0 Å². The number of aliphatic hydroxyl groups is 1. The van der Waals surface area contributed by atoms with Gasteiger partial charge in [-0.2, -0.15) is 0 Å². The number of nitrogens with one attached hydrogen (secondary N) is 1. The van der Waals surface area contributed by atoms with Gasteiger partial charge >= 0.3 is 0 Å². The molecule has 0 bridgehead atoms. The molecule has 2 unspecified atom stereocenters. The zero-order valence-electron chi connectivity index (χ0n) is 11.1. The summed E-state index contributed by atoms with van der Waals surface area (Å²) in [5.74, 6) is -0.135. The van der Waals surface area contributed by atoms with E-state index in [-0.39, 0.29) is 24.5 Å². The Morgan fingerprint density at radius 3 is 2.79 bits per heavy atom. The van der Waals surface area contributed by atoms with Crippen molar-refractivity contribution in [2.75, 3.05) is 6.61 Å². The first-order chi connectivity index (χ1) is 9.13. The molecule has 2 N–H and O–H groups in total. The maximum Gasteiger partial charge on any atom is 0.253 e. The van der Waals surface area contributed by atoms with Crippen LogP contribution in [0, 0.1) is 5.92 Å². The van der Waals surface area contributed by atoms with E-state index in [0.29, 0.717) is 5.56 Å². The number of aliphatic hydroxyl groups excluding tert-OH is 1. The van der Waals surface area contributed by atoms with Crippen LogP contribution in [0.5, 0.6) is 0 Å². The molecule has 0 aliphatic heterocycles. The molecule has 100 valence electrons. The van der Waals surface area contributed by atoms with Crippen LogP contribution in [0.3, 0.4) is 0 Å². The van der Waals surface area contributed by atoms with Gasteiger partial charge in [-0.05, 0) is 18.2 Å². The van der Waals surface area contributed by atoms with E-state index in [1.54, 1.807) is 12.4 Å². The van der Waals surface area contributed by atoms with Crippen molar-refractivity contribution < 1.29 is 9.90 Å². The number of carbonyl (C=O) groups is 1. The van der Waals surface area contributed by atoms with Gasteiger partial charge in [-0.1, -0.05) is 31.2 Å². The van der Waals surface area contributed by atoms with Crippen LogP contribution < -0.4 is 5.32 Å². The molecule has 2 rings (SSSR count). The van der Waals surface area contributed by atoms with Gasteiger partial charge in [0, 0.05) is 30.4 Å². The number of rotatable bonds is 4. The zero-order valence-corrected chi connectivity index (χ0v) is 11.1. The van der Waals surface area contributed by atoms with E-state index in [9.17, 15) is 4.79 Å². The lowest BCUT2D eigenvalue weighted by Crippen LogP contribution is -2.38. The van der Waals surface area contributed by atoms with Crippen molar-refractivity contribution in [1.82, 2.24) is 10.3 Å². The molecule has 0 saturated carbocycles. The van der Waals surface area contributed by atoms with Crippen LogP contribution in [0.1, 0.15) is 24.2 Å². The molecular weight excluding hydrogens is 240 g/mol. The molecule has 0 aliphatic carbocycles. The number of hydrogen-bond donors (Lipinski definition) is 2. The molecule has 0 spiro atoms. The minimum Gasteiger partial charge on any atom is -0.396 e. The number of benzene rings is 1. The molecule has 2 aromatic rings. The smallest absolute Gasteiger partial charge is 0.253 e. The first kappa shape index (κ1) is 13.5. The predicted molar refractivity (Wildman–Crippen MR) is 74.9 cm³/mol. The second kappa shape index (κ2) is 5.80. The highest BCUT2D eigenvalue weighted by Gasteiger charge is 2.16. The molecule has 0 radical (unpaired) electrons. The molecule has 0 saturated heterocycles. The molecule has 0 aliphatic rings. The number of hydrogen-bond acceptors (Lipinski definition) is 3. The van der Waals surface area contributed by atoms with E-state index in [1.165, 1.54) is 0 Å². The lowest BCUT2D eigenvalue weighted by molar-refractivity contribution is 0.0917. The van der Waals surface area contributed by atoms with Gasteiger partial charge in [-0.15, -0.1) is 0 Å². The van der Waals surface area contributed by atoms with E-state index in [4.69, 9.17) is 5.11 Å². The van der Waals surface area contributed by atoms with Crippen molar-refractivity contribution in [3.63, 3.8) is 0 Å². The predicted octanol–water partition coefficient (Wildman–Crippen LogP) is 1.98. The number of fused-ring (bicyclic) bond motifs is 1. The van der Waals surface area contributed by atoms with Crippen LogP contribution in [-0.4, -0.2) is 28.6 Å². The molecule has 2 atom stereocenters. The van der Waals surface area contributed by atoms with Crippen molar-refractivity contribution in [2.45, 2.75) is 19.9 Å². The van der Waals surface area contributed by atoms with E-state index >= 15 is 0 Å². The Kier molecular flexibility index (Phi) is 4.12. The van der Waals surface area contributed by atoms with E-state index in [1.807, 2.05) is 38.1 Å². The first-order valence-corrected chi connectivity index (χ1v) is 6.38. The van der Waals surface area contributed by atoms with Crippen molar-refractivity contribution in [2.24, 2.45) is 5.92 Å². The van der Waals surface area contributed by atoms with Gasteiger partial charge in [0.25, 0.3) is 5.91 Å². The minimum atomic E-state index is -0.155. The fourth-order valence-electron chi connectivity index (χ4n) is 1.88. The summed E-state index contributed by atoms with van der Waals surface area (Å²) in [5.41, 5.74) is 0.565. The molecular formula is C15H18N2O2. The van der Waals surface area contributed by atoms with Gasteiger partial charge in [0.05, 0.1) is 5.56 Å². The second-order valence-corrected chi connectivity index (χ2v) is 4.83. The summed E-state index contributed by atoms with van der Waals surface area (Å²) in [6.07, 6.45) is 3.32. The van der Waals surface area contributed by atoms with E-state index in [2.05, 4.69) is 10.3 Å². The van der Waals surface area contributed by atoms with Crippen LogP contribution >= 0.6 is 0 Å². The molecule has 4 heteroatoms. The molecule has 1 amide bonds. The van der Waals surface area contributed by atoms with Gasteiger partial charge in [0.2, 0.25) is 0 Å². The molecule has 1 aromatic carbocycles. The number of amides is 1. The van der Waals surface area contributed by atoms with Gasteiger partial charge in [-0.25, -0.2) is 0 Å². The molecule has 0 fully saturated rings. The summed E-state index contributed by atoms with van der Waals surface area (Å²) in [5, 5.41) is 13.8. The zero-order chi connectivity index (χ0) is 13.8. The lowest BCUT2D eigenvalue weighted by atomic mass is 10.0.